The summed E-state index contributed by atoms with van der Waals surface area (Å²) in [6.07, 6.45) is 1.99. The first-order valence-corrected chi connectivity index (χ1v) is 7.04. The Bertz CT molecular complexity index is 182. The first-order valence-electron chi connectivity index (χ1n) is 5.89. The lowest BCUT2D eigenvalue weighted by Crippen LogP contribution is -2.54. The van der Waals surface area contributed by atoms with Gasteiger partial charge in [0, 0.05) is 43.7 Å². The van der Waals surface area contributed by atoms with E-state index < -0.39 is 0 Å². The molecule has 1 aliphatic heterocycles. The molecule has 1 saturated heterocycles. The van der Waals surface area contributed by atoms with E-state index in [1.807, 2.05) is 17.8 Å². The molecule has 1 rings (SSSR count). The van der Waals surface area contributed by atoms with Crippen molar-refractivity contribution < 1.29 is 0 Å². The van der Waals surface area contributed by atoms with Gasteiger partial charge in [0.2, 0.25) is 0 Å². The minimum absolute atomic E-state index is 0.725. The fourth-order valence-corrected chi connectivity index (χ4v) is 2.75. The van der Waals surface area contributed by atoms with Crippen molar-refractivity contribution in [2.24, 2.45) is 5.92 Å². The summed E-state index contributed by atoms with van der Waals surface area (Å²) in [7, 11) is 0. The molecule has 1 N–H and O–H groups in total. The van der Waals surface area contributed by atoms with Crippen LogP contribution in [0.1, 0.15) is 13.8 Å². The van der Waals surface area contributed by atoms with Crippen LogP contribution in [-0.4, -0.2) is 48.6 Å². The molecular formula is C12H24N2S. The van der Waals surface area contributed by atoms with Crippen molar-refractivity contribution in [2.45, 2.75) is 19.9 Å². The maximum Gasteiger partial charge on any atom is 0.0244 e. The molecule has 3 heteroatoms. The first-order chi connectivity index (χ1) is 7.25. The van der Waals surface area contributed by atoms with Crippen molar-refractivity contribution in [3.63, 3.8) is 0 Å². The zero-order valence-corrected chi connectivity index (χ0v) is 10.9. The Morgan fingerprint density at radius 2 is 2.40 bits per heavy atom. The lowest BCUT2D eigenvalue weighted by atomic mass is 10.0. The molecule has 0 radical (unpaired) electrons. The Morgan fingerprint density at radius 3 is 3.07 bits per heavy atom. The van der Waals surface area contributed by atoms with Crippen LogP contribution < -0.4 is 5.32 Å². The molecule has 2 nitrogen and oxygen atoms in total. The van der Waals surface area contributed by atoms with Gasteiger partial charge in [-0.2, -0.15) is 11.8 Å². The largest absolute Gasteiger partial charge is 0.314 e. The number of hydrogen-bond donors (Lipinski definition) is 1. The molecule has 1 fully saturated rings. The highest BCUT2D eigenvalue weighted by atomic mass is 32.2. The number of hydrogen-bond acceptors (Lipinski definition) is 3. The summed E-state index contributed by atoms with van der Waals surface area (Å²) in [5.74, 6) is 3.07. The van der Waals surface area contributed by atoms with Gasteiger partial charge < -0.3 is 5.32 Å². The van der Waals surface area contributed by atoms with E-state index in [1.54, 1.807) is 0 Å². The van der Waals surface area contributed by atoms with Gasteiger partial charge in [0.05, 0.1) is 0 Å². The van der Waals surface area contributed by atoms with Crippen LogP contribution in [0.15, 0.2) is 12.7 Å². The van der Waals surface area contributed by atoms with Crippen molar-refractivity contribution in [3.8, 4) is 0 Å². The molecule has 15 heavy (non-hydrogen) atoms. The van der Waals surface area contributed by atoms with Gasteiger partial charge in [-0.25, -0.2) is 0 Å². The van der Waals surface area contributed by atoms with E-state index in [2.05, 4.69) is 30.6 Å². The quantitative estimate of drug-likeness (QED) is 0.551. The van der Waals surface area contributed by atoms with Gasteiger partial charge in [0.15, 0.2) is 0 Å². The summed E-state index contributed by atoms with van der Waals surface area (Å²) in [4.78, 5) is 2.64. The number of rotatable bonds is 6. The van der Waals surface area contributed by atoms with E-state index in [-0.39, 0.29) is 0 Å². The van der Waals surface area contributed by atoms with Gasteiger partial charge in [-0.05, 0) is 5.92 Å². The van der Waals surface area contributed by atoms with Gasteiger partial charge in [0.25, 0.3) is 0 Å². The van der Waals surface area contributed by atoms with Crippen molar-refractivity contribution in [3.05, 3.63) is 12.7 Å². The van der Waals surface area contributed by atoms with Crippen molar-refractivity contribution >= 4 is 11.8 Å². The Balaban J connectivity index is 2.26. The van der Waals surface area contributed by atoms with E-state index in [0.717, 1.165) is 30.8 Å². The van der Waals surface area contributed by atoms with Gasteiger partial charge in [-0.3, -0.25) is 4.90 Å². The Hall–Kier alpha value is 0.01000. The third-order valence-electron chi connectivity index (χ3n) is 2.93. The minimum Gasteiger partial charge on any atom is -0.314 e. The van der Waals surface area contributed by atoms with E-state index in [0.29, 0.717) is 0 Å². The number of nitrogens with one attached hydrogen (secondary N) is 1. The van der Waals surface area contributed by atoms with E-state index in [1.165, 1.54) is 18.8 Å². The van der Waals surface area contributed by atoms with E-state index in [9.17, 15) is 0 Å². The predicted molar refractivity (Wildman–Crippen MR) is 70.6 cm³/mol. The van der Waals surface area contributed by atoms with Crippen molar-refractivity contribution in [1.82, 2.24) is 10.2 Å². The van der Waals surface area contributed by atoms with Gasteiger partial charge in [0.1, 0.15) is 0 Å². The molecule has 0 aliphatic carbocycles. The van der Waals surface area contributed by atoms with Crippen LogP contribution in [0.25, 0.3) is 0 Å². The highest BCUT2D eigenvalue weighted by Gasteiger charge is 2.23. The van der Waals surface area contributed by atoms with Crippen LogP contribution in [0.3, 0.4) is 0 Å². The molecule has 0 amide bonds. The maximum atomic E-state index is 3.74. The smallest absolute Gasteiger partial charge is 0.0244 e. The predicted octanol–water partition coefficient (Wildman–Crippen LogP) is 1.84. The third kappa shape index (κ3) is 4.58. The number of thioether (sulfide) groups is 1. The van der Waals surface area contributed by atoms with Crippen LogP contribution in [0, 0.1) is 5.92 Å². The average molecular weight is 228 g/mol. The van der Waals surface area contributed by atoms with Crippen LogP contribution in [0.5, 0.6) is 0 Å². The molecule has 0 aromatic rings. The third-order valence-corrected chi connectivity index (χ3v) is 3.87. The molecule has 1 aliphatic rings. The number of piperazine rings is 1. The molecule has 1 atom stereocenters. The molecule has 0 saturated carbocycles. The normalized spacial score (nSPS) is 23.3. The summed E-state index contributed by atoms with van der Waals surface area (Å²) >= 11 is 1.98. The summed E-state index contributed by atoms with van der Waals surface area (Å²) < 4.78 is 0. The molecule has 0 bridgehead atoms. The lowest BCUT2D eigenvalue weighted by Gasteiger charge is -2.38. The van der Waals surface area contributed by atoms with Gasteiger partial charge >= 0.3 is 0 Å². The zero-order chi connectivity index (χ0) is 11.1. The van der Waals surface area contributed by atoms with Crippen LogP contribution in [0.4, 0.5) is 0 Å². The second kappa shape index (κ2) is 7.31. The van der Waals surface area contributed by atoms with Crippen molar-refractivity contribution in [2.75, 3.05) is 37.7 Å². The highest BCUT2D eigenvalue weighted by Crippen LogP contribution is 2.13. The average Bonchev–Trinajstić information content (AvgIpc) is 2.25. The van der Waals surface area contributed by atoms with Crippen LogP contribution in [0.2, 0.25) is 0 Å². The minimum atomic E-state index is 0.725. The second-order valence-electron chi connectivity index (χ2n) is 4.42. The first kappa shape index (κ1) is 13.1. The topological polar surface area (TPSA) is 15.3 Å². The Morgan fingerprint density at radius 1 is 1.60 bits per heavy atom. The maximum absolute atomic E-state index is 3.74. The van der Waals surface area contributed by atoms with Crippen LogP contribution >= 0.6 is 11.8 Å². The summed E-state index contributed by atoms with van der Waals surface area (Å²) in [6.45, 7) is 13.1. The van der Waals surface area contributed by atoms with E-state index in [4.69, 9.17) is 0 Å². The number of nitrogens with zero attached hydrogens (tertiary/aromatic N) is 1. The van der Waals surface area contributed by atoms with Crippen LogP contribution in [-0.2, 0) is 0 Å². The fourth-order valence-electron chi connectivity index (χ4n) is 2.05. The molecule has 1 heterocycles. The summed E-state index contributed by atoms with van der Waals surface area (Å²) in [5, 5.41) is 3.48. The molecule has 0 aromatic carbocycles. The van der Waals surface area contributed by atoms with Gasteiger partial charge in [-0.15, -0.1) is 6.58 Å². The van der Waals surface area contributed by atoms with Gasteiger partial charge in [-0.1, -0.05) is 19.9 Å². The molecule has 1 unspecified atom stereocenters. The molecule has 88 valence electrons. The van der Waals surface area contributed by atoms with E-state index >= 15 is 0 Å². The zero-order valence-electron chi connectivity index (χ0n) is 10.0. The summed E-state index contributed by atoms with van der Waals surface area (Å²) in [6, 6.07) is 0.725. The molecule has 0 aromatic heterocycles. The SMILES string of the molecule is C=CCSCCN1CCNCC1C(C)C. The summed E-state index contributed by atoms with van der Waals surface area (Å²) in [5.41, 5.74) is 0. The Kier molecular flexibility index (Phi) is 6.37. The molecular weight excluding hydrogens is 204 g/mol. The standard InChI is InChI=1S/C12H24N2S/c1-4-8-15-9-7-14-6-5-13-10-12(14)11(2)3/h4,11-13H,1,5-10H2,2-3H3. The highest BCUT2D eigenvalue weighted by molar-refractivity contribution is 7.99. The molecule has 0 spiro atoms. The lowest BCUT2D eigenvalue weighted by molar-refractivity contribution is 0.133. The monoisotopic (exact) mass is 228 g/mol. The Labute approximate surface area is 98.5 Å². The second-order valence-corrected chi connectivity index (χ2v) is 5.56. The fraction of sp³-hybridized carbons (Fsp3) is 0.833. The van der Waals surface area contributed by atoms with Crippen molar-refractivity contribution in [1.29, 1.82) is 0 Å².